The van der Waals surface area contributed by atoms with E-state index in [1.165, 1.54) is 22.9 Å². The molecule has 0 amide bonds. The molecular formula is C14H16N4O2. The molecule has 0 aliphatic carbocycles. The first-order valence-corrected chi connectivity index (χ1v) is 6.48. The lowest BCUT2D eigenvalue weighted by atomic mass is 9.93. The zero-order chi connectivity index (χ0) is 14.2. The maximum absolute atomic E-state index is 9.22. The Bertz CT molecular complexity index is 647. The van der Waals surface area contributed by atoms with E-state index in [0.717, 1.165) is 24.2 Å². The number of fused-ring (bicyclic) bond motifs is 1. The predicted octanol–water partition coefficient (Wildman–Crippen LogP) is 2.07. The number of rotatable bonds is 1. The molecule has 1 aliphatic heterocycles. The van der Waals surface area contributed by atoms with Gasteiger partial charge in [-0.25, -0.2) is 4.98 Å². The molecule has 3 rings (SSSR count). The lowest BCUT2D eigenvalue weighted by Crippen LogP contribution is -2.32. The van der Waals surface area contributed by atoms with E-state index in [4.69, 9.17) is 4.74 Å². The standard InChI is InChI=1S/C14H16N4O2/c1-14(2)6-5-10-3-4-11(7-12(10)20-14)13(17-19)18-9-15-8-16-18/h3-4,7-9,19H,5-6H2,1-2H3/b17-13+. The summed E-state index contributed by atoms with van der Waals surface area (Å²) >= 11 is 0. The van der Waals surface area contributed by atoms with Crippen LogP contribution in [0.25, 0.3) is 0 Å². The summed E-state index contributed by atoms with van der Waals surface area (Å²) in [4.78, 5) is 3.86. The molecule has 1 aromatic heterocycles. The Labute approximate surface area is 116 Å². The minimum atomic E-state index is -0.171. The highest BCUT2D eigenvalue weighted by Crippen LogP contribution is 2.33. The second-order valence-electron chi connectivity index (χ2n) is 5.45. The second-order valence-corrected chi connectivity index (χ2v) is 5.45. The zero-order valence-electron chi connectivity index (χ0n) is 11.4. The molecule has 0 bridgehead atoms. The summed E-state index contributed by atoms with van der Waals surface area (Å²) in [5.41, 5.74) is 1.73. The molecule has 1 aliphatic rings. The number of aryl methyl sites for hydroxylation is 1. The summed E-state index contributed by atoms with van der Waals surface area (Å²) in [6.07, 6.45) is 4.85. The normalized spacial score (nSPS) is 17.4. The molecule has 1 aromatic carbocycles. The van der Waals surface area contributed by atoms with E-state index in [1.807, 2.05) is 18.2 Å². The van der Waals surface area contributed by atoms with Crippen LogP contribution < -0.4 is 4.74 Å². The fourth-order valence-corrected chi connectivity index (χ4v) is 2.33. The maximum atomic E-state index is 9.22. The predicted molar refractivity (Wildman–Crippen MR) is 73.2 cm³/mol. The van der Waals surface area contributed by atoms with Gasteiger partial charge < -0.3 is 9.94 Å². The van der Waals surface area contributed by atoms with Crippen molar-refractivity contribution in [3.05, 3.63) is 42.0 Å². The van der Waals surface area contributed by atoms with Crippen LogP contribution in [0.1, 0.15) is 31.4 Å². The van der Waals surface area contributed by atoms with Crippen molar-refractivity contribution in [2.45, 2.75) is 32.3 Å². The summed E-state index contributed by atoms with van der Waals surface area (Å²) in [6, 6.07) is 5.78. The van der Waals surface area contributed by atoms with E-state index in [1.54, 1.807) is 0 Å². The fourth-order valence-electron chi connectivity index (χ4n) is 2.33. The lowest BCUT2D eigenvalue weighted by molar-refractivity contribution is 0.0847. The third-order valence-corrected chi connectivity index (χ3v) is 3.44. The minimum Gasteiger partial charge on any atom is -0.488 e. The molecule has 20 heavy (non-hydrogen) atoms. The average molecular weight is 272 g/mol. The highest BCUT2D eigenvalue weighted by atomic mass is 16.5. The van der Waals surface area contributed by atoms with E-state index >= 15 is 0 Å². The van der Waals surface area contributed by atoms with E-state index < -0.39 is 0 Å². The summed E-state index contributed by atoms with van der Waals surface area (Å²) in [5, 5.41) is 16.5. The van der Waals surface area contributed by atoms with Crippen LogP contribution in [-0.4, -0.2) is 31.4 Å². The van der Waals surface area contributed by atoms with Crippen LogP contribution in [0.5, 0.6) is 5.75 Å². The van der Waals surface area contributed by atoms with Crippen LogP contribution in [0.15, 0.2) is 36.0 Å². The Balaban J connectivity index is 2.00. The number of benzene rings is 1. The van der Waals surface area contributed by atoms with Gasteiger partial charge in [-0.3, -0.25) is 0 Å². The van der Waals surface area contributed by atoms with Gasteiger partial charge in [0, 0.05) is 5.56 Å². The fraction of sp³-hybridized carbons (Fsp3) is 0.357. The molecule has 0 spiro atoms. The van der Waals surface area contributed by atoms with E-state index in [2.05, 4.69) is 29.1 Å². The van der Waals surface area contributed by atoms with Crippen molar-refractivity contribution in [1.82, 2.24) is 14.8 Å². The quantitative estimate of drug-likeness (QED) is 0.373. The van der Waals surface area contributed by atoms with E-state index in [9.17, 15) is 5.21 Å². The highest BCUT2D eigenvalue weighted by molar-refractivity contribution is 5.99. The van der Waals surface area contributed by atoms with Crippen LogP contribution in [0, 0.1) is 0 Å². The van der Waals surface area contributed by atoms with Crippen LogP contribution in [-0.2, 0) is 6.42 Å². The van der Waals surface area contributed by atoms with Crippen molar-refractivity contribution >= 4 is 5.84 Å². The molecule has 104 valence electrons. The second kappa shape index (κ2) is 4.63. The van der Waals surface area contributed by atoms with Gasteiger partial charge in [-0.1, -0.05) is 17.3 Å². The first-order valence-electron chi connectivity index (χ1n) is 6.48. The molecule has 2 heterocycles. The summed E-state index contributed by atoms with van der Waals surface area (Å²) in [7, 11) is 0. The van der Waals surface area contributed by atoms with Gasteiger partial charge in [-0.2, -0.15) is 9.78 Å². The van der Waals surface area contributed by atoms with Crippen molar-refractivity contribution in [2.24, 2.45) is 5.16 Å². The third-order valence-electron chi connectivity index (χ3n) is 3.44. The molecule has 0 atom stereocenters. The molecular weight excluding hydrogens is 256 g/mol. The van der Waals surface area contributed by atoms with Crippen molar-refractivity contribution in [3.63, 3.8) is 0 Å². The number of ether oxygens (including phenoxy) is 1. The van der Waals surface area contributed by atoms with Crippen molar-refractivity contribution < 1.29 is 9.94 Å². The molecule has 0 unspecified atom stereocenters. The lowest BCUT2D eigenvalue weighted by Gasteiger charge is -2.32. The molecule has 0 saturated carbocycles. The molecule has 6 nitrogen and oxygen atoms in total. The van der Waals surface area contributed by atoms with Crippen LogP contribution >= 0.6 is 0 Å². The van der Waals surface area contributed by atoms with Crippen molar-refractivity contribution in [3.8, 4) is 5.75 Å². The summed E-state index contributed by atoms with van der Waals surface area (Å²) < 4.78 is 7.40. The SMILES string of the molecule is CC1(C)CCc2ccc(/C(=N\O)n3cncn3)cc2O1. The van der Waals surface area contributed by atoms with Gasteiger partial charge in [0.2, 0.25) is 5.84 Å². The Morgan fingerprint density at radius 3 is 3.00 bits per heavy atom. The monoisotopic (exact) mass is 272 g/mol. The number of oxime groups is 1. The van der Waals surface area contributed by atoms with Crippen molar-refractivity contribution in [2.75, 3.05) is 0 Å². The van der Waals surface area contributed by atoms with Crippen molar-refractivity contribution in [1.29, 1.82) is 0 Å². The highest BCUT2D eigenvalue weighted by Gasteiger charge is 2.27. The summed E-state index contributed by atoms with van der Waals surface area (Å²) in [5.74, 6) is 1.15. The molecule has 0 fully saturated rings. The first-order chi connectivity index (χ1) is 9.59. The molecule has 2 aromatic rings. The minimum absolute atomic E-state index is 0.171. The smallest absolute Gasteiger partial charge is 0.201 e. The van der Waals surface area contributed by atoms with Crippen LogP contribution in [0.2, 0.25) is 0 Å². The summed E-state index contributed by atoms with van der Waals surface area (Å²) in [6.45, 7) is 4.14. The van der Waals surface area contributed by atoms with E-state index in [-0.39, 0.29) is 5.60 Å². The average Bonchev–Trinajstić information content (AvgIpc) is 2.92. The van der Waals surface area contributed by atoms with E-state index in [0.29, 0.717) is 5.84 Å². The van der Waals surface area contributed by atoms with Crippen LogP contribution in [0.4, 0.5) is 0 Å². The number of hydrogen-bond donors (Lipinski definition) is 1. The molecule has 0 saturated heterocycles. The number of aromatic nitrogens is 3. The van der Waals surface area contributed by atoms with Gasteiger partial charge >= 0.3 is 0 Å². The Morgan fingerprint density at radius 1 is 1.45 bits per heavy atom. The Morgan fingerprint density at radius 2 is 2.30 bits per heavy atom. The first kappa shape index (κ1) is 12.7. The van der Waals surface area contributed by atoms with Gasteiger partial charge in [-0.15, -0.1) is 0 Å². The number of hydrogen-bond acceptors (Lipinski definition) is 5. The van der Waals surface area contributed by atoms with Gasteiger partial charge in [0.15, 0.2) is 0 Å². The van der Waals surface area contributed by atoms with Gasteiger partial charge in [-0.05, 0) is 38.3 Å². The molecule has 1 N–H and O–H groups in total. The third kappa shape index (κ3) is 2.24. The topological polar surface area (TPSA) is 72.5 Å². The number of nitrogens with zero attached hydrogens (tertiary/aromatic N) is 4. The van der Waals surface area contributed by atoms with Gasteiger partial charge in [0.25, 0.3) is 0 Å². The molecule has 0 radical (unpaired) electrons. The maximum Gasteiger partial charge on any atom is 0.201 e. The van der Waals surface area contributed by atoms with Gasteiger partial charge in [0.05, 0.1) is 0 Å². The zero-order valence-corrected chi connectivity index (χ0v) is 11.4. The Hall–Kier alpha value is -2.37. The molecule has 6 heteroatoms. The van der Waals surface area contributed by atoms with Gasteiger partial charge in [0.1, 0.15) is 24.0 Å². The van der Waals surface area contributed by atoms with Crippen LogP contribution in [0.3, 0.4) is 0 Å². The Kier molecular flexibility index (Phi) is 2.93. The largest absolute Gasteiger partial charge is 0.488 e.